The van der Waals surface area contributed by atoms with Crippen LogP contribution in [0.1, 0.15) is 16.8 Å². The Kier molecular flexibility index (Phi) is 6.22. The first-order valence-corrected chi connectivity index (χ1v) is 10.6. The predicted molar refractivity (Wildman–Crippen MR) is 115 cm³/mol. The molecule has 0 spiro atoms. The van der Waals surface area contributed by atoms with Crippen LogP contribution in [0.5, 0.6) is 0 Å². The van der Waals surface area contributed by atoms with Crippen molar-refractivity contribution < 1.29 is 9.53 Å². The molecule has 1 aliphatic heterocycles. The van der Waals surface area contributed by atoms with Crippen LogP contribution in [0.2, 0.25) is 5.02 Å². The van der Waals surface area contributed by atoms with E-state index < -0.39 is 0 Å². The smallest absolute Gasteiger partial charge is 0.260 e. The number of hydrogen-bond acceptors (Lipinski definition) is 5. The third-order valence-electron chi connectivity index (χ3n) is 4.81. The van der Waals surface area contributed by atoms with Gasteiger partial charge in [0.05, 0.1) is 23.4 Å². The topological polar surface area (TPSA) is 45.7 Å². The minimum atomic E-state index is -0.0438. The molecule has 1 aromatic heterocycles. The first kappa shape index (κ1) is 19.3. The fraction of sp³-hybridized carbons (Fsp3) is 0.333. The van der Waals surface area contributed by atoms with Crippen LogP contribution in [0, 0.1) is 0 Å². The lowest BCUT2D eigenvalue weighted by atomic mass is 10.2. The van der Waals surface area contributed by atoms with Crippen molar-refractivity contribution in [2.45, 2.75) is 6.42 Å². The number of ether oxygens (including phenoxy) is 1. The number of halogens is 1. The summed E-state index contributed by atoms with van der Waals surface area (Å²) in [4.78, 5) is 22.1. The van der Waals surface area contributed by atoms with E-state index in [4.69, 9.17) is 21.3 Å². The van der Waals surface area contributed by atoms with Gasteiger partial charge in [0.15, 0.2) is 5.13 Å². The maximum Gasteiger partial charge on any atom is 0.260 e. The van der Waals surface area contributed by atoms with Gasteiger partial charge >= 0.3 is 0 Å². The number of amides is 1. The van der Waals surface area contributed by atoms with E-state index in [1.54, 1.807) is 40.5 Å². The normalized spacial score (nSPS) is 15.0. The molecule has 28 heavy (non-hydrogen) atoms. The second-order valence-corrected chi connectivity index (χ2v) is 8.18. The lowest BCUT2D eigenvalue weighted by molar-refractivity contribution is 0.0376. The molecule has 0 unspecified atom stereocenters. The fourth-order valence-electron chi connectivity index (χ4n) is 3.29. The summed E-state index contributed by atoms with van der Waals surface area (Å²) in [7, 11) is 0. The second kappa shape index (κ2) is 9.01. The number of carbonyl (C=O) groups excluding carboxylic acids is 1. The van der Waals surface area contributed by atoms with Crippen LogP contribution in [0.4, 0.5) is 5.13 Å². The van der Waals surface area contributed by atoms with Gasteiger partial charge in [-0.25, -0.2) is 4.98 Å². The highest BCUT2D eigenvalue weighted by Crippen LogP contribution is 2.30. The third kappa shape index (κ3) is 4.52. The largest absolute Gasteiger partial charge is 0.379 e. The minimum absolute atomic E-state index is 0.0438. The number of fused-ring (bicyclic) bond motifs is 1. The molecule has 1 amide bonds. The van der Waals surface area contributed by atoms with Gasteiger partial charge in [-0.2, -0.15) is 0 Å². The zero-order chi connectivity index (χ0) is 19.3. The molecule has 7 heteroatoms. The molecular weight excluding hydrogens is 394 g/mol. The van der Waals surface area contributed by atoms with Crippen molar-refractivity contribution in [3.8, 4) is 0 Å². The van der Waals surface area contributed by atoms with E-state index in [0.717, 1.165) is 54.6 Å². The highest BCUT2D eigenvalue weighted by molar-refractivity contribution is 7.22. The maximum absolute atomic E-state index is 13.2. The molecular formula is C21H22ClN3O2S. The molecule has 2 heterocycles. The number of morpholine rings is 1. The number of nitrogens with zero attached hydrogens (tertiary/aromatic N) is 3. The Morgan fingerprint density at radius 3 is 2.64 bits per heavy atom. The van der Waals surface area contributed by atoms with E-state index in [-0.39, 0.29) is 5.91 Å². The van der Waals surface area contributed by atoms with E-state index in [1.165, 1.54) is 0 Å². The monoisotopic (exact) mass is 415 g/mol. The number of anilines is 1. The lowest BCUT2D eigenvalue weighted by Gasteiger charge is -2.27. The summed E-state index contributed by atoms with van der Waals surface area (Å²) < 4.78 is 6.49. The Morgan fingerprint density at radius 2 is 1.89 bits per heavy atom. The van der Waals surface area contributed by atoms with E-state index in [9.17, 15) is 4.79 Å². The van der Waals surface area contributed by atoms with Crippen LogP contribution in [0.25, 0.3) is 10.2 Å². The zero-order valence-electron chi connectivity index (χ0n) is 15.5. The summed E-state index contributed by atoms with van der Waals surface area (Å²) in [6.45, 7) is 5.03. The van der Waals surface area contributed by atoms with Crippen molar-refractivity contribution >= 4 is 44.2 Å². The number of aromatic nitrogens is 1. The average Bonchev–Trinajstić information content (AvgIpc) is 3.16. The standard InChI is InChI=1S/C21H22ClN3O2S/c22-17-8-6-16(7-9-17)20(26)25(11-3-10-24-12-14-27-15-13-24)21-23-18-4-1-2-5-19(18)28-21/h1-2,4-9H,3,10-15H2. The van der Waals surface area contributed by atoms with Crippen molar-refractivity contribution in [1.29, 1.82) is 0 Å². The van der Waals surface area contributed by atoms with Gasteiger partial charge in [0.2, 0.25) is 0 Å². The summed E-state index contributed by atoms with van der Waals surface area (Å²) in [6, 6.07) is 15.0. The molecule has 3 aromatic rings. The van der Waals surface area contributed by atoms with Crippen molar-refractivity contribution in [3.63, 3.8) is 0 Å². The summed E-state index contributed by atoms with van der Waals surface area (Å²) >= 11 is 7.54. The Labute approximate surface area is 173 Å². The molecule has 5 nitrogen and oxygen atoms in total. The van der Waals surface area contributed by atoms with Crippen LogP contribution < -0.4 is 4.90 Å². The van der Waals surface area contributed by atoms with Crippen molar-refractivity contribution in [1.82, 2.24) is 9.88 Å². The molecule has 0 aliphatic carbocycles. The van der Waals surface area contributed by atoms with Crippen molar-refractivity contribution in [2.24, 2.45) is 0 Å². The van der Waals surface area contributed by atoms with E-state index in [2.05, 4.69) is 4.90 Å². The van der Waals surface area contributed by atoms with Crippen LogP contribution in [-0.2, 0) is 4.74 Å². The Bertz CT molecular complexity index is 905. The average molecular weight is 416 g/mol. The van der Waals surface area contributed by atoms with Gasteiger partial charge in [-0.05, 0) is 42.8 Å². The Hall–Kier alpha value is -1.99. The number of benzene rings is 2. The first-order valence-electron chi connectivity index (χ1n) is 9.44. The van der Waals surface area contributed by atoms with Crippen LogP contribution in [0.3, 0.4) is 0 Å². The quantitative estimate of drug-likeness (QED) is 0.601. The first-order chi connectivity index (χ1) is 13.7. The molecule has 0 saturated carbocycles. The van der Waals surface area contributed by atoms with E-state index in [0.29, 0.717) is 17.1 Å². The summed E-state index contributed by atoms with van der Waals surface area (Å²) in [5.74, 6) is -0.0438. The number of para-hydroxylation sites is 1. The van der Waals surface area contributed by atoms with Gasteiger partial charge in [-0.1, -0.05) is 35.1 Å². The number of thiazole rings is 1. The van der Waals surface area contributed by atoms with Gasteiger partial charge in [0, 0.05) is 36.8 Å². The zero-order valence-corrected chi connectivity index (χ0v) is 17.1. The molecule has 0 atom stereocenters. The Morgan fingerprint density at radius 1 is 1.14 bits per heavy atom. The number of hydrogen-bond donors (Lipinski definition) is 0. The summed E-state index contributed by atoms with van der Waals surface area (Å²) in [5, 5.41) is 1.36. The second-order valence-electron chi connectivity index (χ2n) is 6.74. The molecule has 0 N–H and O–H groups in total. The summed E-state index contributed by atoms with van der Waals surface area (Å²) in [5.41, 5.74) is 1.54. The highest BCUT2D eigenvalue weighted by Gasteiger charge is 2.21. The van der Waals surface area contributed by atoms with Gasteiger partial charge in [-0.3, -0.25) is 14.6 Å². The van der Waals surface area contributed by atoms with Gasteiger partial charge in [0.25, 0.3) is 5.91 Å². The molecule has 0 radical (unpaired) electrons. The predicted octanol–water partition coefficient (Wildman–Crippen LogP) is 4.32. The van der Waals surface area contributed by atoms with Crippen LogP contribution in [0.15, 0.2) is 48.5 Å². The van der Waals surface area contributed by atoms with Crippen molar-refractivity contribution in [2.75, 3.05) is 44.3 Å². The number of rotatable bonds is 6. The fourth-order valence-corrected chi connectivity index (χ4v) is 4.40. The van der Waals surface area contributed by atoms with Gasteiger partial charge in [-0.15, -0.1) is 0 Å². The van der Waals surface area contributed by atoms with Crippen LogP contribution >= 0.6 is 22.9 Å². The van der Waals surface area contributed by atoms with Crippen molar-refractivity contribution in [3.05, 3.63) is 59.1 Å². The molecule has 1 fully saturated rings. The molecule has 0 bridgehead atoms. The Balaban J connectivity index is 1.54. The minimum Gasteiger partial charge on any atom is -0.379 e. The molecule has 1 saturated heterocycles. The van der Waals surface area contributed by atoms with E-state index in [1.807, 2.05) is 24.3 Å². The SMILES string of the molecule is O=C(c1ccc(Cl)cc1)N(CCCN1CCOCC1)c1nc2ccccc2s1. The van der Waals surface area contributed by atoms with Gasteiger partial charge in [0.1, 0.15) is 0 Å². The maximum atomic E-state index is 13.2. The molecule has 146 valence electrons. The van der Waals surface area contributed by atoms with Crippen LogP contribution in [-0.4, -0.2) is 55.2 Å². The lowest BCUT2D eigenvalue weighted by Crippen LogP contribution is -2.39. The number of carbonyl (C=O) groups is 1. The molecule has 4 rings (SSSR count). The third-order valence-corrected chi connectivity index (χ3v) is 6.12. The summed E-state index contributed by atoms with van der Waals surface area (Å²) in [6.07, 6.45) is 0.884. The molecule has 2 aromatic carbocycles. The molecule has 1 aliphatic rings. The van der Waals surface area contributed by atoms with E-state index >= 15 is 0 Å². The van der Waals surface area contributed by atoms with Gasteiger partial charge < -0.3 is 4.74 Å². The highest BCUT2D eigenvalue weighted by atomic mass is 35.5.